The van der Waals surface area contributed by atoms with Crippen LogP contribution in [0.4, 0.5) is 5.69 Å². The summed E-state index contributed by atoms with van der Waals surface area (Å²) >= 11 is 0. The second-order valence-electron chi connectivity index (χ2n) is 4.28. The van der Waals surface area contributed by atoms with E-state index in [1.165, 1.54) is 12.1 Å². The van der Waals surface area contributed by atoms with Crippen molar-refractivity contribution < 1.29 is 19.6 Å². The van der Waals surface area contributed by atoms with E-state index >= 15 is 0 Å². The van der Waals surface area contributed by atoms with Gasteiger partial charge in [-0.15, -0.1) is 0 Å². The van der Waals surface area contributed by atoms with E-state index in [1.807, 2.05) is 4.90 Å². The molecule has 0 saturated carbocycles. The number of rotatable bonds is 4. The molecule has 0 atom stereocenters. The molecule has 1 aromatic rings. The molecule has 0 spiro atoms. The highest BCUT2D eigenvalue weighted by atomic mass is 16.6. The van der Waals surface area contributed by atoms with Gasteiger partial charge in [0.15, 0.2) is 0 Å². The van der Waals surface area contributed by atoms with Gasteiger partial charge >= 0.3 is 5.97 Å². The maximum atomic E-state index is 11.1. The fraction of sp³-hybridized carbons (Fsp3) is 0.417. The van der Waals surface area contributed by atoms with Crippen LogP contribution in [0.1, 0.15) is 15.9 Å². The van der Waals surface area contributed by atoms with Gasteiger partial charge in [-0.1, -0.05) is 0 Å². The van der Waals surface area contributed by atoms with Crippen LogP contribution in [0.15, 0.2) is 18.2 Å². The highest BCUT2D eigenvalue weighted by Gasteiger charge is 2.16. The van der Waals surface area contributed by atoms with Gasteiger partial charge < -0.3 is 14.7 Å². The molecular weight excluding hydrogens is 252 g/mol. The van der Waals surface area contributed by atoms with Crippen molar-refractivity contribution >= 4 is 11.7 Å². The predicted octanol–water partition coefficient (Wildman–Crippen LogP) is 0.998. The summed E-state index contributed by atoms with van der Waals surface area (Å²) in [6.07, 6.45) is 0. The highest BCUT2D eigenvalue weighted by Crippen LogP contribution is 2.21. The lowest BCUT2D eigenvalue weighted by molar-refractivity contribution is -0.496. The van der Waals surface area contributed by atoms with Crippen molar-refractivity contribution in [3.63, 3.8) is 0 Å². The number of carboxylic acids is 1. The SMILES string of the molecule is O=C(O)c1cc(C[N+](=O)[O-])cc(N2CCOCC2)c1. The molecule has 0 amide bonds. The Morgan fingerprint density at radius 1 is 1.37 bits per heavy atom. The molecule has 1 fully saturated rings. The number of benzene rings is 1. The Bertz CT molecular complexity index is 497. The third kappa shape index (κ3) is 3.41. The van der Waals surface area contributed by atoms with Crippen molar-refractivity contribution in [1.82, 2.24) is 0 Å². The quantitative estimate of drug-likeness (QED) is 0.645. The fourth-order valence-electron chi connectivity index (χ4n) is 2.04. The van der Waals surface area contributed by atoms with Crippen LogP contribution in [0.2, 0.25) is 0 Å². The summed E-state index contributed by atoms with van der Waals surface area (Å²) in [6, 6.07) is 4.55. The molecule has 1 saturated heterocycles. The molecule has 1 heterocycles. The number of aromatic carboxylic acids is 1. The second-order valence-corrected chi connectivity index (χ2v) is 4.28. The van der Waals surface area contributed by atoms with Gasteiger partial charge in [-0.2, -0.15) is 0 Å². The summed E-state index contributed by atoms with van der Waals surface area (Å²) in [5, 5.41) is 19.6. The zero-order chi connectivity index (χ0) is 13.8. The first-order valence-corrected chi connectivity index (χ1v) is 5.88. The number of nitro groups is 1. The Labute approximate surface area is 109 Å². The van der Waals surface area contributed by atoms with Crippen molar-refractivity contribution in [2.45, 2.75) is 6.54 Å². The van der Waals surface area contributed by atoms with E-state index in [9.17, 15) is 14.9 Å². The lowest BCUT2D eigenvalue weighted by atomic mass is 10.1. The topological polar surface area (TPSA) is 92.9 Å². The number of carbonyl (C=O) groups is 1. The normalized spacial score (nSPS) is 15.3. The van der Waals surface area contributed by atoms with Gasteiger partial charge in [0, 0.05) is 29.3 Å². The van der Waals surface area contributed by atoms with Gasteiger partial charge in [-0.25, -0.2) is 4.79 Å². The smallest absolute Gasteiger partial charge is 0.335 e. The fourth-order valence-corrected chi connectivity index (χ4v) is 2.04. The number of morpholine rings is 1. The van der Waals surface area contributed by atoms with Crippen LogP contribution in [0, 0.1) is 10.1 Å². The van der Waals surface area contributed by atoms with Crippen LogP contribution in [0.3, 0.4) is 0 Å². The Balaban J connectivity index is 2.32. The molecule has 7 nitrogen and oxygen atoms in total. The van der Waals surface area contributed by atoms with Gasteiger partial charge in [0.1, 0.15) is 0 Å². The summed E-state index contributed by atoms with van der Waals surface area (Å²) in [5.41, 5.74) is 1.16. The monoisotopic (exact) mass is 266 g/mol. The van der Waals surface area contributed by atoms with E-state index in [0.717, 1.165) is 0 Å². The van der Waals surface area contributed by atoms with E-state index in [1.54, 1.807) is 6.07 Å². The first-order chi connectivity index (χ1) is 9.06. The summed E-state index contributed by atoms with van der Waals surface area (Å²) in [7, 11) is 0. The molecule has 1 aliphatic rings. The average Bonchev–Trinajstić information content (AvgIpc) is 2.38. The Hall–Kier alpha value is -2.15. The second kappa shape index (κ2) is 5.66. The molecule has 1 aromatic carbocycles. The number of carboxylic acid groups (broad SMARTS) is 1. The molecule has 0 bridgehead atoms. The van der Waals surface area contributed by atoms with Crippen LogP contribution >= 0.6 is 0 Å². The van der Waals surface area contributed by atoms with E-state index in [2.05, 4.69) is 0 Å². The van der Waals surface area contributed by atoms with Crippen molar-refractivity contribution in [2.24, 2.45) is 0 Å². The number of hydrogen-bond acceptors (Lipinski definition) is 5. The molecule has 1 aliphatic heterocycles. The standard InChI is InChI=1S/C12H14N2O5/c15-12(16)10-5-9(8-14(17)18)6-11(7-10)13-1-3-19-4-2-13/h5-7H,1-4,8H2,(H,15,16). The minimum Gasteiger partial charge on any atom is -0.478 e. The van der Waals surface area contributed by atoms with Gasteiger partial charge in [0.2, 0.25) is 6.54 Å². The van der Waals surface area contributed by atoms with Gasteiger partial charge in [0.25, 0.3) is 0 Å². The Morgan fingerprint density at radius 3 is 2.63 bits per heavy atom. The summed E-state index contributed by atoms with van der Waals surface area (Å²) in [5.74, 6) is -1.08. The van der Waals surface area contributed by atoms with Gasteiger partial charge in [0.05, 0.1) is 18.8 Å². The van der Waals surface area contributed by atoms with E-state index < -0.39 is 10.9 Å². The Morgan fingerprint density at radius 2 is 2.05 bits per heavy atom. The number of hydrogen-bond donors (Lipinski definition) is 1. The molecule has 102 valence electrons. The molecule has 1 N–H and O–H groups in total. The average molecular weight is 266 g/mol. The maximum Gasteiger partial charge on any atom is 0.335 e. The zero-order valence-electron chi connectivity index (χ0n) is 10.2. The van der Waals surface area contributed by atoms with Crippen LogP contribution < -0.4 is 4.90 Å². The van der Waals surface area contributed by atoms with Crippen molar-refractivity contribution in [2.75, 3.05) is 31.2 Å². The lowest BCUT2D eigenvalue weighted by Crippen LogP contribution is -2.36. The minimum atomic E-state index is -1.08. The third-order valence-electron chi connectivity index (χ3n) is 2.91. The van der Waals surface area contributed by atoms with Crippen LogP contribution in [-0.2, 0) is 11.3 Å². The molecule has 0 aromatic heterocycles. The van der Waals surface area contributed by atoms with Gasteiger partial charge in [-0.3, -0.25) is 10.1 Å². The van der Waals surface area contributed by atoms with E-state index in [4.69, 9.17) is 9.84 Å². The molecule has 19 heavy (non-hydrogen) atoms. The largest absolute Gasteiger partial charge is 0.478 e. The first kappa shape index (κ1) is 13.3. The molecule has 0 radical (unpaired) electrons. The molecule has 0 aliphatic carbocycles. The predicted molar refractivity (Wildman–Crippen MR) is 67.1 cm³/mol. The first-order valence-electron chi connectivity index (χ1n) is 5.88. The summed E-state index contributed by atoms with van der Waals surface area (Å²) in [4.78, 5) is 23.1. The zero-order valence-corrected chi connectivity index (χ0v) is 10.2. The highest BCUT2D eigenvalue weighted by molar-refractivity contribution is 5.89. The van der Waals surface area contributed by atoms with Crippen molar-refractivity contribution in [1.29, 1.82) is 0 Å². The summed E-state index contributed by atoms with van der Waals surface area (Å²) in [6.45, 7) is 2.07. The van der Waals surface area contributed by atoms with Crippen molar-refractivity contribution in [3.05, 3.63) is 39.4 Å². The molecule has 0 unspecified atom stereocenters. The van der Waals surface area contributed by atoms with Crippen LogP contribution in [-0.4, -0.2) is 42.3 Å². The van der Waals surface area contributed by atoms with Crippen LogP contribution in [0.5, 0.6) is 0 Å². The Kier molecular flexibility index (Phi) is 3.96. The lowest BCUT2D eigenvalue weighted by Gasteiger charge is -2.29. The molecule has 2 rings (SSSR count). The molecule has 7 heteroatoms. The van der Waals surface area contributed by atoms with E-state index in [-0.39, 0.29) is 12.1 Å². The number of ether oxygens (including phenoxy) is 1. The maximum absolute atomic E-state index is 11.1. The van der Waals surface area contributed by atoms with Gasteiger partial charge in [-0.05, 0) is 18.2 Å². The molecular formula is C12H14N2O5. The minimum absolute atomic E-state index is 0.0702. The van der Waals surface area contributed by atoms with Crippen LogP contribution in [0.25, 0.3) is 0 Å². The third-order valence-corrected chi connectivity index (χ3v) is 2.91. The number of nitrogens with zero attached hydrogens (tertiary/aromatic N) is 2. The number of anilines is 1. The summed E-state index contributed by atoms with van der Waals surface area (Å²) < 4.78 is 5.23. The van der Waals surface area contributed by atoms with Crippen molar-refractivity contribution in [3.8, 4) is 0 Å². The van der Waals surface area contributed by atoms with E-state index in [0.29, 0.717) is 37.6 Å².